The van der Waals surface area contributed by atoms with Gasteiger partial charge in [0.05, 0.1) is 0 Å². The fourth-order valence-electron chi connectivity index (χ4n) is 10.6. The normalized spacial score (nSPS) is 10.7. The second-order valence-electron chi connectivity index (χ2n) is 24.3. The molecular weight excluding hydrogens is 1200 g/mol. The van der Waals surface area contributed by atoms with E-state index in [0.29, 0.717) is 0 Å². The molecule has 0 saturated carbocycles. The number of hydrogen-bond acceptors (Lipinski definition) is 8. The maximum absolute atomic E-state index is 10.2. The Morgan fingerprint density at radius 2 is 0.235 bits per heavy atom. The van der Waals surface area contributed by atoms with Crippen LogP contribution < -0.4 is 20.4 Å². The van der Waals surface area contributed by atoms with E-state index in [1.54, 1.807) is 0 Å². The second kappa shape index (κ2) is 85.2. The van der Waals surface area contributed by atoms with Gasteiger partial charge in [0.2, 0.25) is 0 Å². The van der Waals surface area contributed by atoms with Crippen molar-refractivity contribution in [1.82, 2.24) is 0 Å². The SMILES string of the molecule is CCCCCCCCCCCCCCCCCC(=O)[O-].CCCCCCCCCCCCCCCCCC(=O)[O-].CCCCCCCCCCCCCCCCCC(=O)[O-].CCCCCCCCCCCCCCCCCC(=O)[O-].[Pb+4]. The predicted molar refractivity (Wildman–Crippen MR) is 344 cm³/mol. The number of hydrogen-bond donors (Lipinski definition) is 0. The summed E-state index contributed by atoms with van der Waals surface area (Å²) in [4.78, 5) is 40.9. The summed E-state index contributed by atoms with van der Waals surface area (Å²) in [7, 11) is 0. The summed E-state index contributed by atoms with van der Waals surface area (Å²) in [5, 5.41) is 40.9. The van der Waals surface area contributed by atoms with Crippen molar-refractivity contribution < 1.29 is 39.6 Å². The van der Waals surface area contributed by atoms with E-state index in [1.807, 2.05) is 0 Å². The quantitative estimate of drug-likeness (QED) is 0.0430. The van der Waals surface area contributed by atoms with Gasteiger partial charge in [0.1, 0.15) is 0 Å². The summed E-state index contributed by atoms with van der Waals surface area (Å²) in [6, 6.07) is 0. The smallest absolute Gasteiger partial charge is 0.550 e. The van der Waals surface area contributed by atoms with Crippen molar-refractivity contribution >= 4 is 51.2 Å². The molecule has 0 aromatic rings. The van der Waals surface area contributed by atoms with Crippen LogP contribution in [-0.4, -0.2) is 51.2 Å². The average molecular weight is 1340 g/mol. The zero-order chi connectivity index (χ0) is 59.6. The first kappa shape index (κ1) is 88.6. The van der Waals surface area contributed by atoms with Crippen molar-refractivity contribution in [2.24, 2.45) is 0 Å². The van der Waals surface area contributed by atoms with Crippen molar-refractivity contribution in [2.45, 2.75) is 439 Å². The molecule has 0 saturated heterocycles. The molecule has 0 spiro atoms. The minimum absolute atomic E-state index is 0. The maximum atomic E-state index is 10.2. The van der Waals surface area contributed by atoms with Gasteiger partial charge in [0, 0.05) is 23.9 Å². The maximum Gasteiger partial charge on any atom is 4.00 e. The van der Waals surface area contributed by atoms with Crippen molar-refractivity contribution in [3.05, 3.63) is 0 Å². The van der Waals surface area contributed by atoms with Gasteiger partial charge in [0.25, 0.3) is 0 Å². The molecule has 0 N–H and O–H groups in total. The molecule has 0 radical (unpaired) electrons. The van der Waals surface area contributed by atoms with Gasteiger partial charge in [0.15, 0.2) is 0 Å². The van der Waals surface area contributed by atoms with E-state index in [9.17, 15) is 39.6 Å². The minimum Gasteiger partial charge on any atom is -0.550 e. The van der Waals surface area contributed by atoms with Crippen LogP contribution in [-0.2, 0) is 19.2 Å². The Morgan fingerprint density at radius 3 is 0.309 bits per heavy atom. The van der Waals surface area contributed by atoms with E-state index in [1.165, 1.54) is 334 Å². The topological polar surface area (TPSA) is 161 Å². The zero-order valence-corrected chi connectivity index (χ0v) is 58.9. The number of carbonyl (C=O) groups is 4. The van der Waals surface area contributed by atoms with Gasteiger partial charge >= 0.3 is 27.3 Å². The van der Waals surface area contributed by atoms with Crippen molar-refractivity contribution in [1.29, 1.82) is 0 Å². The number of carbonyl (C=O) groups excluding carboxylic acids is 4. The summed E-state index contributed by atoms with van der Waals surface area (Å²) in [5.41, 5.74) is 0. The molecule has 0 unspecified atom stereocenters. The second-order valence-corrected chi connectivity index (χ2v) is 24.3. The molecule has 0 aliphatic rings. The van der Waals surface area contributed by atoms with Crippen LogP contribution in [0, 0.1) is 0 Å². The molecule has 0 atom stereocenters. The molecule has 9 heteroatoms. The van der Waals surface area contributed by atoms with Crippen LogP contribution in [0.5, 0.6) is 0 Å². The minimum atomic E-state index is -0.903. The van der Waals surface area contributed by atoms with Crippen LogP contribution in [0.3, 0.4) is 0 Å². The van der Waals surface area contributed by atoms with Crippen LogP contribution in [0.2, 0.25) is 0 Å². The molecule has 0 rings (SSSR count). The molecule has 480 valence electrons. The van der Waals surface area contributed by atoms with Crippen molar-refractivity contribution in [3.63, 3.8) is 0 Å². The summed E-state index contributed by atoms with van der Waals surface area (Å²) in [6.45, 7) is 9.07. The number of rotatable bonds is 64. The van der Waals surface area contributed by atoms with Crippen molar-refractivity contribution in [3.8, 4) is 0 Å². The molecule has 0 aromatic carbocycles. The van der Waals surface area contributed by atoms with Crippen LogP contribution in [0.25, 0.3) is 0 Å². The molecule has 0 bridgehead atoms. The fourth-order valence-corrected chi connectivity index (χ4v) is 10.6. The van der Waals surface area contributed by atoms with Crippen LogP contribution in [0.1, 0.15) is 439 Å². The summed E-state index contributed by atoms with van der Waals surface area (Å²) < 4.78 is 0. The molecule has 0 aromatic heterocycles. The van der Waals surface area contributed by atoms with E-state index in [2.05, 4.69) is 27.7 Å². The van der Waals surface area contributed by atoms with Gasteiger partial charge in [-0.3, -0.25) is 0 Å². The molecule has 0 amide bonds. The molecular formula is C72H140O8Pb. The third kappa shape index (κ3) is 104. The predicted octanol–water partition coefficient (Wildman–Crippen LogP) is 19.6. The number of carboxylic acids is 4. The summed E-state index contributed by atoms with van der Waals surface area (Å²) in [6.07, 6.45) is 79.4. The third-order valence-corrected chi connectivity index (χ3v) is 15.9. The molecule has 0 heterocycles. The van der Waals surface area contributed by atoms with Crippen molar-refractivity contribution in [2.75, 3.05) is 0 Å². The fraction of sp³-hybridized carbons (Fsp3) is 0.944. The Hall–Kier alpha value is -1.20. The molecule has 0 aliphatic carbocycles. The number of carboxylic acid groups (broad SMARTS) is 4. The zero-order valence-electron chi connectivity index (χ0n) is 55.0. The van der Waals surface area contributed by atoms with Crippen LogP contribution >= 0.6 is 0 Å². The number of unbranched alkanes of at least 4 members (excludes halogenated alkanes) is 56. The third-order valence-electron chi connectivity index (χ3n) is 15.9. The average Bonchev–Trinajstić information content (AvgIpc) is 3.43. The van der Waals surface area contributed by atoms with Gasteiger partial charge < -0.3 is 39.6 Å². The van der Waals surface area contributed by atoms with Gasteiger partial charge in [-0.2, -0.15) is 0 Å². The Kier molecular flexibility index (Phi) is 93.2. The van der Waals surface area contributed by atoms with E-state index in [0.717, 1.165) is 51.4 Å². The van der Waals surface area contributed by atoms with Gasteiger partial charge in [-0.1, -0.05) is 387 Å². The molecule has 8 nitrogen and oxygen atoms in total. The Bertz CT molecular complexity index is 990. The van der Waals surface area contributed by atoms with E-state index >= 15 is 0 Å². The molecule has 0 aliphatic heterocycles. The van der Waals surface area contributed by atoms with Gasteiger partial charge in [-0.15, -0.1) is 0 Å². The van der Waals surface area contributed by atoms with E-state index in [-0.39, 0.29) is 53.0 Å². The largest absolute Gasteiger partial charge is 4.00 e. The van der Waals surface area contributed by atoms with E-state index in [4.69, 9.17) is 0 Å². The summed E-state index contributed by atoms with van der Waals surface area (Å²) >= 11 is 0. The van der Waals surface area contributed by atoms with Gasteiger partial charge in [-0.05, 0) is 51.4 Å². The first-order valence-corrected chi connectivity index (χ1v) is 35.9. The van der Waals surface area contributed by atoms with Crippen LogP contribution in [0.4, 0.5) is 0 Å². The van der Waals surface area contributed by atoms with Gasteiger partial charge in [-0.25, -0.2) is 0 Å². The molecule has 81 heavy (non-hydrogen) atoms. The first-order chi connectivity index (χ1) is 39.1. The number of aliphatic carboxylic acids is 4. The van der Waals surface area contributed by atoms with E-state index < -0.39 is 23.9 Å². The molecule has 0 fully saturated rings. The first-order valence-electron chi connectivity index (χ1n) is 35.9. The Morgan fingerprint density at radius 1 is 0.160 bits per heavy atom. The monoisotopic (exact) mass is 1340 g/mol. The Labute approximate surface area is 526 Å². The van der Waals surface area contributed by atoms with Crippen LogP contribution in [0.15, 0.2) is 0 Å². The Balaban J connectivity index is -0.000000316. The standard InChI is InChI=1S/4C18H36O2.Pb/c4*1-2-3-4-5-6-7-8-9-10-11-12-13-14-15-16-17-18(19)20;/h4*2-17H2,1H3,(H,19,20);/q;;;;+4/p-4. The summed E-state index contributed by atoms with van der Waals surface area (Å²) in [5.74, 6) is -3.61.